The van der Waals surface area contributed by atoms with Gasteiger partial charge in [0.1, 0.15) is 0 Å². The first-order valence-electron chi connectivity index (χ1n) is 9.66. The van der Waals surface area contributed by atoms with Crippen LogP contribution in [-0.2, 0) is 21.3 Å². The Kier molecular flexibility index (Phi) is 6.76. The third kappa shape index (κ3) is 5.48. The van der Waals surface area contributed by atoms with E-state index in [9.17, 15) is 13.2 Å². The summed E-state index contributed by atoms with van der Waals surface area (Å²) in [4.78, 5) is 14.7. The number of amides is 1. The van der Waals surface area contributed by atoms with Gasteiger partial charge in [-0.25, -0.2) is 8.42 Å². The van der Waals surface area contributed by atoms with Crippen LogP contribution in [0.15, 0.2) is 48.5 Å². The highest BCUT2D eigenvalue weighted by Gasteiger charge is 2.16. The lowest BCUT2D eigenvalue weighted by atomic mass is 10.1. The first-order valence-corrected chi connectivity index (χ1v) is 11.5. The molecule has 1 saturated heterocycles. The number of anilines is 2. The largest absolute Gasteiger partial charge is 0.378 e. The molecule has 0 atom stereocenters. The van der Waals surface area contributed by atoms with E-state index in [0.29, 0.717) is 24.3 Å². The van der Waals surface area contributed by atoms with Crippen LogP contribution >= 0.6 is 0 Å². The highest BCUT2D eigenvalue weighted by Crippen LogP contribution is 2.19. The lowest BCUT2D eigenvalue weighted by Crippen LogP contribution is -2.36. The summed E-state index contributed by atoms with van der Waals surface area (Å²) in [6.07, 6.45) is 1.17. The van der Waals surface area contributed by atoms with Crippen LogP contribution in [-0.4, -0.2) is 53.4 Å². The van der Waals surface area contributed by atoms with Gasteiger partial charge in [-0.2, -0.15) is 0 Å². The Hall–Kier alpha value is -2.58. The average molecular weight is 418 g/mol. The fourth-order valence-corrected chi connectivity index (χ4v) is 4.29. The lowest BCUT2D eigenvalue weighted by Gasteiger charge is -2.28. The Balaban J connectivity index is 1.57. The number of morpholine rings is 1. The molecule has 1 aliphatic rings. The average Bonchev–Trinajstić information content (AvgIpc) is 2.73. The van der Waals surface area contributed by atoms with Crippen LogP contribution < -0.4 is 14.5 Å². The minimum atomic E-state index is -3.34. The first-order chi connectivity index (χ1) is 13.9. The highest BCUT2D eigenvalue weighted by atomic mass is 32.2. The lowest BCUT2D eigenvalue weighted by molar-refractivity contribution is 0.0951. The van der Waals surface area contributed by atoms with Gasteiger partial charge >= 0.3 is 0 Å². The van der Waals surface area contributed by atoms with Crippen LogP contribution in [0.5, 0.6) is 0 Å². The zero-order valence-electron chi connectivity index (χ0n) is 16.8. The van der Waals surface area contributed by atoms with E-state index in [4.69, 9.17) is 4.74 Å². The normalized spacial score (nSPS) is 14.5. The molecular formula is C21H27N3O4S. The fraction of sp³-hybridized carbons (Fsp3) is 0.381. The molecular weight excluding hydrogens is 390 g/mol. The molecule has 0 aliphatic carbocycles. The summed E-state index contributed by atoms with van der Waals surface area (Å²) in [6, 6.07) is 14.7. The molecule has 7 nitrogen and oxygen atoms in total. The molecule has 156 valence electrons. The van der Waals surface area contributed by atoms with Crippen LogP contribution in [0.2, 0.25) is 0 Å². The van der Waals surface area contributed by atoms with Crippen LogP contribution in [0, 0.1) is 0 Å². The van der Waals surface area contributed by atoms with Crippen molar-refractivity contribution in [3.63, 3.8) is 0 Å². The van der Waals surface area contributed by atoms with E-state index < -0.39 is 10.0 Å². The third-order valence-electron chi connectivity index (χ3n) is 4.87. The smallest absolute Gasteiger partial charge is 0.251 e. The Labute approximate surface area is 172 Å². The summed E-state index contributed by atoms with van der Waals surface area (Å²) in [5.74, 6) is -0.198. The number of nitrogens with one attached hydrogen (secondary N) is 1. The number of carbonyl (C=O) groups is 1. The van der Waals surface area contributed by atoms with E-state index >= 15 is 0 Å². The third-order valence-corrected chi connectivity index (χ3v) is 6.14. The number of rotatable bonds is 7. The molecule has 0 unspecified atom stereocenters. The molecule has 1 aliphatic heterocycles. The molecule has 0 bridgehead atoms. The van der Waals surface area contributed by atoms with Crippen molar-refractivity contribution in [1.82, 2.24) is 5.32 Å². The molecule has 8 heteroatoms. The van der Waals surface area contributed by atoms with Gasteiger partial charge in [0, 0.05) is 37.4 Å². The van der Waals surface area contributed by atoms with Gasteiger partial charge in [-0.05, 0) is 48.9 Å². The minimum Gasteiger partial charge on any atom is -0.378 e. The molecule has 0 aromatic heterocycles. The van der Waals surface area contributed by atoms with E-state index in [1.54, 1.807) is 31.2 Å². The Morgan fingerprint density at radius 1 is 1.07 bits per heavy atom. The van der Waals surface area contributed by atoms with Crippen molar-refractivity contribution in [2.24, 2.45) is 0 Å². The molecule has 0 radical (unpaired) electrons. The number of hydrogen-bond donors (Lipinski definition) is 1. The van der Waals surface area contributed by atoms with E-state index in [1.807, 2.05) is 12.1 Å². The highest BCUT2D eigenvalue weighted by molar-refractivity contribution is 7.92. The predicted molar refractivity (Wildman–Crippen MR) is 115 cm³/mol. The van der Waals surface area contributed by atoms with Crippen molar-refractivity contribution in [1.29, 1.82) is 0 Å². The first kappa shape index (κ1) is 21.1. The second-order valence-electron chi connectivity index (χ2n) is 6.92. The van der Waals surface area contributed by atoms with Gasteiger partial charge in [0.05, 0.1) is 25.2 Å². The predicted octanol–water partition coefficient (Wildman–Crippen LogP) is 2.24. The molecule has 29 heavy (non-hydrogen) atoms. The summed E-state index contributed by atoms with van der Waals surface area (Å²) in [7, 11) is -3.34. The van der Waals surface area contributed by atoms with Crippen molar-refractivity contribution >= 4 is 27.3 Å². The van der Waals surface area contributed by atoms with E-state index in [-0.39, 0.29) is 5.91 Å². The van der Waals surface area contributed by atoms with Crippen molar-refractivity contribution in [3.05, 3.63) is 59.7 Å². The molecule has 1 fully saturated rings. The van der Waals surface area contributed by atoms with E-state index in [1.165, 1.54) is 10.6 Å². The van der Waals surface area contributed by atoms with Crippen LogP contribution in [0.25, 0.3) is 0 Å². The molecule has 2 aromatic rings. The second kappa shape index (κ2) is 9.28. The van der Waals surface area contributed by atoms with Crippen molar-refractivity contribution in [3.8, 4) is 0 Å². The van der Waals surface area contributed by atoms with E-state index in [2.05, 4.69) is 22.3 Å². The number of nitrogens with zero attached hydrogens (tertiary/aromatic N) is 2. The fourth-order valence-electron chi connectivity index (χ4n) is 3.32. The van der Waals surface area contributed by atoms with Gasteiger partial charge in [0.2, 0.25) is 10.0 Å². The molecule has 1 N–H and O–H groups in total. The summed E-state index contributed by atoms with van der Waals surface area (Å²) in [5.41, 5.74) is 3.21. The zero-order valence-corrected chi connectivity index (χ0v) is 17.6. The molecule has 0 saturated carbocycles. The standard InChI is InChI=1S/C21H27N3O4S/c1-3-24(29(2,26)27)20-10-6-18(7-11-20)21(25)22-16-17-4-8-19(9-5-17)23-12-14-28-15-13-23/h4-11H,3,12-16H2,1-2H3,(H,22,25). The maximum Gasteiger partial charge on any atom is 0.251 e. The Bertz CT molecular complexity index is 921. The summed E-state index contributed by atoms with van der Waals surface area (Å²) >= 11 is 0. The quantitative estimate of drug-likeness (QED) is 0.748. The summed E-state index contributed by atoms with van der Waals surface area (Å²) in [6.45, 7) is 5.81. The summed E-state index contributed by atoms with van der Waals surface area (Å²) < 4.78 is 30.3. The van der Waals surface area contributed by atoms with Gasteiger partial charge in [-0.3, -0.25) is 9.10 Å². The Morgan fingerprint density at radius 3 is 2.24 bits per heavy atom. The maximum atomic E-state index is 12.4. The van der Waals surface area contributed by atoms with Crippen molar-refractivity contribution in [2.75, 3.05) is 48.3 Å². The van der Waals surface area contributed by atoms with Crippen molar-refractivity contribution in [2.45, 2.75) is 13.5 Å². The molecule has 1 heterocycles. The number of sulfonamides is 1. The van der Waals surface area contributed by atoms with Gasteiger partial charge in [-0.1, -0.05) is 12.1 Å². The Morgan fingerprint density at radius 2 is 1.69 bits per heavy atom. The second-order valence-corrected chi connectivity index (χ2v) is 8.83. The van der Waals surface area contributed by atoms with Crippen LogP contribution in [0.1, 0.15) is 22.8 Å². The molecule has 2 aromatic carbocycles. The topological polar surface area (TPSA) is 79.0 Å². The van der Waals surface area contributed by atoms with Gasteiger partial charge in [0.15, 0.2) is 0 Å². The summed E-state index contributed by atoms with van der Waals surface area (Å²) in [5, 5.41) is 2.90. The number of benzene rings is 2. The number of hydrogen-bond acceptors (Lipinski definition) is 5. The number of carbonyl (C=O) groups excluding carboxylic acids is 1. The van der Waals surface area contributed by atoms with Gasteiger partial charge < -0.3 is 15.0 Å². The molecule has 1 amide bonds. The van der Waals surface area contributed by atoms with Gasteiger partial charge in [0.25, 0.3) is 5.91 Å². The monoisotopic (exact) mass is 417 g/mol. The SMILES string of the molecule is CCN(c1ccc(C(=O)NCc2ccc(N3CCOCC3)cc2)cc1)S(C)(=O)=O. The van der Waals surface area contributed by atoms with Crippen LogP contribution in [0.4, 0.5) is 11.4 Å². The van der Waals surface area contributed by atoms with Crippen LogP contribution in [0.3, 0.4) is 0 Å². The zero-order chi connectivity index (χ0) is 20.9. The van der Waals surface area contributed by atoms with E-state index in [0.717, 1.165) is 37.6 Å². The minimum absolute atomic E-state index is 0.198. The molecule has 3 rings (SSSR count). The van der Waals surface area contributed by atoms with Crippen molar-refractivity contribution < 1.29 is 17.9 Å². The maximum absolute atomic E-state index is 12.4. The number of ether oxygens (including phenoxy) is 1. The molecule has 0 spiro atoms. The van der Waals surface area contributed by atoms with Gasteiger partial charge in [-0.15, -0.1) is 0 Å².